The fraction of sp³-hybridized carbons (Fsp3) is 0.778. The lowest BCUT2D eigenvalue weighted by atomic mass is 9.78. The first-order valence-corrected chi connectivity index (χ1v) is 9.85. The first kappa shape index (κ1) is 14.2. The number of rotatable bonds is 3. The van der Waals surface area contributed by atoms with Gasteiger partial charge in [0.05, 0.1) is 0 Å². The molecule has 1 aromatic heterocycles. The molecule has 1 aromatic rings. The number of aryl methyl sites for hydroxylation is 1. The molecule has 0 bridgehead atoms. The van der Waals surface area contributed by atoms with Crippen molar-refractivity contribution in [2.75, 3.05) is 6.54 Å². The minimum Gasteiger partial charge on any atom is -0.314 e. The molecule has 3 aliphatic rings. The Kier molecular flexibility index (Phi) is 4.33. The summed E-state index contributed by atoms with van der Waals surface area (Å²) < 4.78 is 0. The van der Waals surface area contributed by atoms with Crippen molar-refractivity contribution < 1.29 is 0 Å². The molecular formula is C18H28N2S. The predicted molar refractivity (Wildman–Crippen MR) is 89.9 cm³/mol. The van der Waals surface area contributed by atoms with E-state index >= 15 is 0 Å². The highest BCUT2D eigenvalue weighted by Crippen LogP contribution is 2.37. The summed E-state index contributed by atoms with van der Waals surface area (Å²) in [6.07, 6.45) is 12.5. The van der Waals surface area contributed by atoms with Crippen molar-refractivity contribution >= 4 is 11.3 Å². The van der Waals surface area contributed by atoms with Crippen LogP contribution in [0.4, 0.5) is 0 Å². The van der Waals surface area contributed by atoms with Gasteiger partial charge in [-0.25, -0.2) is 0 Å². The molecular weight excluding hydrogens is 276 g/mol. The average molecular weight is 305 g/mol. The minimum absolute atomic E-state index is 0.631. The van der Waals surface area contributed by atoms with E-state index in [2.05, 4.69) is 22.1 Å². The van der Waals surface area contributed by atoms with Gasteiger partial charge in [-0.1, -0.05) is 12.8 Å². The average Bonchev–Trinajstić information content (AvgIpc) is 3.20. The Hall–Kier alpha value is -0.380. The van der Waals surface area contributed by atoms with Gasteiger partial charge in [-0.15, -0.1) is 11.3 Å². The number of nitrogens with one attached hydrogen (secondary N) is 2. The second-order valence-electron chi connectivity index (χ2n) is 7.17. The van der Waals surface area contributed by atoms with E-state index in [1.165, 1.54) is 64.3 Å². The standard InChI is InChI=1S/C18H28N2S/c1-2-6-16(13(5-1)15-8-4-11-19-15)20-17-7-3-9-18-14(17)10-12-21-18/h10,12-13,15-17,19-20H,1-9,11H2. The van der Waals surface area contributed by atoms with E-state index in [1.54, 1.807) is 10.4 Å². The van der Waals surface area contributed by atoms with E-state index in [0.29, 0.717) is 6.04 Å². The Bertz CT molecular complexity index is 464. The second-order valence-corrected chi connectivity index (χ2v) is 8.17. The van der Waals surface area contributed by atoms with Crippen molar-refractivity contribution in [2.24, 2.45) is 5.92 Å². The fourth-order valence-electron chi connectivity index (χ4n) is 4.84. The lowest BCUT2D eigenvalue weighted by molar-refractivity contribution is 0.196. The Morgan fingerprint density at radius 2 is 2.00 bits per heavy atom. The molecule has 2 heterocycles. The molecule has 0 aromatic carbocycles. The summed E-state index contributed by atoms with van der Waals surface area (Å²) in [5, 5.41) is 10.2. The van der Waals surface area contributed by atoms with Crippen LogP contribution >= 0.6 is 11.3 Å². The van der Waals surface area contributed by atoms with Crippen LogP contribution in [-0.4, -0.2) is 18.6 Å². The van der Waals surface area contributed by atoms with Crippen LogP contribution in [0.3, 0.4) is 0 Å². The Morgan fingerprint density at radius 1 is 1.05 bits per heavy atom. The molecule has 1 saturated heterocycles. The minimum atomic E-state index is 0.631. The van der Waals surface area contributed by atoms with Gasteiger partial charge in [-0.05, 0) is 74.4 Å². The van der Waals surface area contributed by atoms with Crippen LogP contribution in [0.15, 0.2) is 11.4 Å². The number of thiophene rings is 1. The van der Waals surface area contributed by atoms with Crippen LogP contribution in [0.5, 0.6) is 0 Å². The van der Waals surface area contributed by atoms with Crippen LogP contribution in [0.2, 0.25) is 0 Å². The van der Waals surface area contributed by atoms with E-state index < -0.39 is 0 Å². The lowest BCUT2D eigenvalue weighted by Crippen LogP contribution is -2.48. The van der Waals surface area contributed by atoms with Crippen molar-refractivity contribution in [1.82, 2.24) is 10.6 Å². The Balaban J connectivity index is 1.47. The van der Waals surface area contributed by atoms with Crippen LogP contribution in [0, 0.1) is 5.92 Å². The largest absolute Gasteiger partial charge is 0.314 e. The Morgan fingerprint density at radius 3 is 2.90 bits per heavy atom. The monoisotopic (exact) mass is 304 g/mol. The molecule has 0 radical (unpaired) electrons. The smallest absolute Gasteiger partial charge is 0.0333 e. The topological polar surface area (TPSA) is 24.1 Å². The zero-order valence-corrected chi connectivity index (χ0v) is 13.8. The number of hydrogen-bond donors (Lipinski definition) is 2. The summed E-state index contributed by atoms with van der Waals surface area (Å²) in [6, 6.07) is 4.54. The van der Waals surface area contributed by atoms with Crippen molar-refractivity contribution in [3.63, 3.8) is 0 Å². The second kappa shape index (κ2) is 6.39. The van der Waals surface area contributed by atoms with Gasteiger partial charge in [0.25, 0.3) is 0 Å². The quantitative estimate of drug-likeness (QED) is 0.881. The highest BCUT2D eigenvalue weighted by molar-refractivity contribution is 7.10. The van der Waals surface area contributed by atoms with Gasteiger partial charge in [-0.3, -0.25) is 0 Å². The van der Waals surface area contributed by atoms with Gasteiger partial charge in [0, 0.05) is 23.0 Å². The third-order valence-electron chi connectivity index (χ3n) is 5.90. The van der Waals surface area contributed by atoms with Crippen LogP contribution in [0.25, 0.3) is 0 Å². The Labute approximate surface area is 132 Å². The van der Waals surface area contributed by atoms with Gasteiger partial charge in [-0.2, -0.15) is 0 Å². The van der Waals surface area contributed by atoms with Crippen molar-refractivity contribution in [2.45, 2.75) is 75.9 Å². The van der Waals surface area contributed by atoms with Crippen molar-refractivity contribution in [3.8, 4) is 0 Å². The molecule has 4 atom stereocenters. The summed E-state index contributed by atoms with van der Waals surface area (Å²) in [5.41, 5.74) is 1.62. The van der Waals surface area contributed by atoms with E-state index in [1.807, 2.05) is 11.3 Å². The van der Waals surface area contributed by atoms with Crippen LogP contribution in [-0.2, 0) is 6.42 Å². The maximum absolute atomic E-state index is 4.09. The summed E-state index contributed by atoms with van der Waals surface area (Å²) in [6.45, 7) is 1.24. The summed E-state index contributed by atoms with van der Waals surface area (Å²) in [7, 11) is 0. The number of fused-ring (bicyclic) bond motifs is 1. The molecule has 4 unspecified atom stereocenters. The highest BCUT2D eigenvalue weighted by Gasteiger charge is 2.35. The van der Waals surface area contributed by atoms with Gasteiger partial charge in [0.15, 0.2) is 0 Å². The molecule has 1 saturated carbocycles. The van der Waals surface area contributed by atoms with Gasteiger partial charge >= 0.3 is 0 Å². The molecule has 4 rings (SSSR count). The van der Waals surface area contributed by atoms with E-state index in [0.717, 1.165) is 18.0 Å². The van der Waals surface area contributed by atoms with E-state index in [-0.39, 0.29) is 0 Å². The lowest BCUT2D eigenvalue weighted by Gasteiger charge is -2.39. The molecule has 21 heavy (non-hydrogen) atoms. The maximum Gasteiger partial charge on any atom is 0.0333 e. The van der Waals surface area contributed by atoms with Crippen molar-refractivity contribution in [3.05, 3.63) is 21.9 Å². The molecule has 2 nitrogen and oxygen atoms in total. The van der Waals surface area contributed by atoms with Crippen molar-refractivity contribution in [1.29, 1.82) is 0 Å². The van der Waals surface area contributed by atoms with E-state index in [9.17, 15) is 0 Å². The summed E-state index contributed by atoms with van der Waals surface area (Å²) in [5.74, 6) is 0.866. The third-order valence-corrected chi connectivity index (χ3v) is 6.90. The molecule has 2 fully saturated rings. The summed E-state index contributed by atoms with van der Waals surface area (Å²) in [4.78, 5) is 1.64. The zero-order valence-electron chi connectivity index (χ0n) is 12.9. The van der Waals surface area contributed by atoms with Gasteiger partial charge in [0.1, 0.15) is 0 Å². The molecule has 1 aliphatic heterocycles. The molecule has 116 valence electrons. The highest BCUT2D eigenvalue weighted by atomic mass is 32.1. The molecule has 0 spiro atoms. The normalized spacial score (nSPS) is 36.6. The van der Waals surface area contributed by atoms with E-state index in [4.69, 9.17) is 0 Å². The molecule has 2 N–H and O–H groups in total. The molecule has 3 heteroatoms. The first-order chi connectivity index (χ1) is 10.4. The first-order valence-electron chi connectivity index (χ1n) is 8.97. The van der Waals surface area contributed by atoms with Crippen LogP contribution in [0.1, 0.15) is 67.8 Å². The number of hydrogen-bond acceptors (Lipinski definition) is 3. The SMILES string of the molecule is c1cc2c(s1)CCCC2NC1CCCCC1C1CCCN1. The van der Waals surface area contributed by atoms with Crippen LogP contribution < -0.4 is 10.6 Å². The van der Waals surface area contributed by atoms with Gasteiger partial charge < -0.3 is 10.6 Å². The predicted octanol–water partition coefficient (Wildman–Crippen LogP) is 4.03. The molecule has 0 amide bonds. The molecule has 2 aliphatic carbocycles. The van der Waals surface area contributed by atoms with Gasteiger partial charge in [0.2, 0.25) is 0 Å². The summed E-state index contributed by atoms with van der Waals surface area (Å²) >= 11 is 1.96. The fourth-order valence-corrected chi connectivity index (χ4v) is 5.83. The third kappa shape index (κ3) is 2.93. The zero-order chi connectivity index (χ0) is 14.1. The maximum atomic E-state index is 4.09.